The lowest BCUT2D eigenvalue weighted by molar-refractivity contribution is 1.21. The van der Waals surface area contributed by atoms with E-state index in [1.54, 1.807) is 0 Å². The van der Waals surface area contributed by atoms with Gasteiger partial charge in [-0.2, -0.15) is 0 Å². The second kappa shape index (κ2) is 15.2. The first-order valence-corrected chi connectivity index (χ1v) is 20.3. The van der Waals surface area contributed by atoms with Crippen molar-refractivity contribution in [2.75, 3.05) is 9.80 Å². The van der Waals surface area contributed by atoms with Crippen LogP contribution in [0.1, 0.15) is 33.4 Å². The zero-order valence-corrected chi connectivity index (χ0v) is 34.2. The summed E-state index contributed by atoms with van der Waals surface area (Å²) in [6.07, 6.45) is 0. The van der Waals surface area contributed by atoms with Gasteiger partial charge < -0.3 is 9.80 Å². The summed E-state index contributed by atoms with van der Waals surface area (Å²) in [5, 5.41) is 5.21. The minimum absolute atomic E-state index is 1.14. The van der Waals surface area contributed by atoms with E-state index >= 15 is 0 Å². The molecule has 0 saturated carbocycles. The van der Waals surface area contributed by atoms with Crippen molar-refractivity contribution < 1.29 is 0 Å². The lowest BCUT2D eigenvalue weighted by Gasteiger charge is -2.34. The highest BCUT2D eigenvalue weighted by Gasteiger charge is 2.30. The van der Waals surface area contributed by atoms with E-state index in [4.69, 9.17) is 0 Å². The molecule has 0 aliphatic heterocycles. The second-order valence-electron chi connectivity index (χ2n) is 15.4. The Balaban J connectivity index is 1.52. The topological polar surface area (TPSA) is 6.48 Å². The maximum atomic E-state index is 2.46. The minimum Gasteiger partial charge on any atom is -0.310 e. The second-order valence-corrected chi connectivity index (χ2v) is 15.4. The van der Waals surface area contributed by atoms with Gasteiger partial charge in [0.15, 0.2) is 0 Å². The Labute approximate surface area is 343 Å². The predicted molar refractivity (Wildman–Crippen MR) is 250 cm³/mol. The lowest BCUT2D eigenvalue weighted by Crippen LogP contribution is -2.15. The standard InChI is InChI=1S/C56H48N2/c1-37-39(3)55(57(45-29-17-9-18-30-45)46-31-19-10-20-32-46)41(5)51-49(37)53(43-25-13-7-14-26-43)52-42(6)56(40(4)38(2)50(52)54(51)44-27-15-8-16-28-44)58(47-33-21-11-22-34-47)48-35-23-12-24-36-48/h7-36H,1-6H3. The summed E-state index contributed by atoms with van der Waals surface area (Å²) in [6.45, 7) is 14.0. The molecule has 0 aliphatic rings. The Bertz CT molecular complexity index is 2620. The SMILES string of the molecule is Cc1c(N(c2ccccc2)c2ccccc2)c(C)c2c(-c3ccccc3)c3c(C)c(C)c(N(c4ccccc4)c4ccccc4)c(C)c3c(-c3ccccc3)c2c1C. The van der Waals surface area contributed by atoms with Crippen LogP contribution < -0.4 is 9.80 Å². The maximum absolute atomic E-state index is 2.46. The molecule has 0 aliphatic carbocycles. The van der Waals surface area contributed by atoms with E-state index < -0.39 is 0 Å². The minimum atomic E-state index is 1.14. The molecule has 0 bridgehead atoms. The third kappa shape index (κ3) is 6.04. The zero-order valence-electron chi connectivity index (χ0n) is 34.2. The van der Waals surface area contributed by atoms with Crippen molar-refractivity contribution in [3.8, 4) is 22.3 Å². The van der Waals surface area contributed by atoms with Crippen LogP contribution in [0.3, 0.4) is 0 Å². The molecule has 282 valence electrons. The molecule has 9 rings (SSSR count). The van der Waals surface area contributed by atoms with Crippen LogP contribution in [-0.4, -0.2) is 0 Å². The number of nitrogens with zero attached hydrogens (tertiary/aromatic N) is 2. The number of fused-ring (bicyclic) bond motifs is 2. The monoisotopic (exact) mass is 748 g/mol. The molecule has 0 N–H and O–H groups in total. The molecule has 0 fully saturated rings. The molecule has 58 heavy (non-hydrogen) atoms. The number of hydrogen-bond donors (Lipinski definition) is 0. The van der Waals surface area contributed by atoms with Gasteiger partial charge in [0, 0.05) is 22.7 Å². The van der Waals surface area contributed by atoms with Crippen LogP contribution >= 0.6 is 0 Å². The van der Waals surface area contributed by atoms with Crippen LogP contribution in [0.25, 0.3) is 43.8 Å². The molecular weight excluding hydrogens is 701 g/mol. The number of para-hydroxylation sites is 4. The number of anilines is 6. The van der Waals surface area contributed by atoms with Crippen molar-refractivity contribution in [3.63, 3.8) is 0 Å². The van der Waals surface area contributed by atoms with E-state index in [-0.39, 0.29) is 0 Å². The van der Waals surface area contributed by atoms with Gasteiger partial charge in [0.2, 0.25) is 0 Å². The van der Waals surface area contributed by atoms with Gasteiger partial charge in [0.05, 0.1) is 11.4 Å². The van der Waals surface area contributed by atoms with Gasteiger partial charge in [-0.25, -0.2) is 0 Å². The van der Waals surface area contributed by atoms with Crippen molar-refractivity contribution in [3.05, 3.63) is 215 Å². The molecule has 0 heterocycles. The largest absolute Gasteiger partial charge is 0.310 e. The van der Waals surface area contributed by atoms with Crippen LogP contribution in [-0.2, 0) is 0 Å². The Morgan fingerprint density at radius 3 is 0.724 bits per heavy atom. The average molecular weight is 749 g/mol. The Kier molecular flexibility index (Phi) is 9.63. The van der Waals surface area contributed by atoms with Crippen LogP contribution in [0, 0.1) is 41.5 Å². The van der Waals surface area contributed by atoms with Gasteiger partial charge in [0.1, 0.15) is 0 Å². The van der Waals surface area contributed by atoms with E-state index in [9.17, 15) is 0 Å². The van der Waals surface area contributed by atoms with Crippen LogP contribution in [0.5, 0.6) is 0 Å². The van der Waals surface area contributed by atoms with E-state index in [2.05, 4.69) is 233 Å². The van der Waals surface area contributed by atoms with Gasteiger partial charge in [-0.1, -0.05) is 133 Å². The summed E-state index contributed by atoms with van der Waals surface area (Å²) < 4.78 is 0. The molecule has 0 amide bonds. The number of aryl methyl sites for hydroxylation is 4. The van der Waals surface area contributed by atoms with Crippen molar-refractivity contribution in [1.82, 2.24) is 0 Å². The number of benzene rings is 9. The molecule has 9 aromatic rings. The molecule has 0 aromatic heterocycles. The molecule has 0 radical (unpaired) electrons. The van der Waals surface area contributed by atoms with E-state index in [0.717, 1.165) is 22.7 Å². The summed E-state index contributed by atoms with van der Waals surface area (Å²) in [5.41, 5.74) is 19.6. The highest BCUT2D eigenvalue weighted by Crippen LogP contribution is 2.55. The fourth-order valence-electron chi connectivity index (χ4n) is 9.36. The number of rotatable bonds is 8. The third-order valence-corrected chi connectivity index (χ3v) is 12.2. The summed E-state index contributed by atoms with van der Waals surface area (Å²) in [4.78, 5) is 4.92. The van der Waals surface area contributed by atoms with Crippen LogP contribution in [0.4, 0.5) is 34.1 Å². The van der Waals surface area contributed by atoms with Crippen LogP contribution in [0.15, 0.2) is 182 Å². The fraction of sp³-hybridized carbons (Fsp3) is 0.107. The first kappa shape index (κ1) is 36.7. The molecule has 2 heteroatoms. The quantitative estimate of drug-likeness (QED) is 0.143. The summed E-state index contributed by atoms with van der Waals surface area (Å²) in [5.74, 6) is 0. The van der Waals surface area contributed by atoms with E-state index in [1.165, 1.54) is 88.6 Å². The highest BCUT2D eigenvalue weighted by atomic mass is 15.2. The smallest absolute Gasteiger partial charge is 0.0529 e. The van der Waals surface area contributed by atoms with Gasteiger partial charge in [-0.15, -0.1) is 0 Å². The van der Waals surface area contributed by atoms with E-state index in [0.29, 0.717) is 0 Å². The number of hydrogen-bond acceptors (Lipinski definition) is 2. The first-order chi connectivity index (χ1) is 28.4. The zero-order chi connectivity index (χ0) is 39.9. The summed E-state index contributed by atoms with van der Waals surface area (Å²) >= 11 is 0. The normalized spacial score (nSPS) is 11.3. The van der Waals surface area contributed by atoms with Crippen molar-refractivity contribution >= 4 is 55.7 Å². The van der Waals surface area contributed by atoms with Gasteiger partial charge >= 0.3 is 0 Å². The molecule has 9 aromatic carbocycles. The Hall–Kier alpha value is -6.90. The summed E-state index contributed by atoms with van der Waals surface area (Å²) in [6, 6.07) is 65.5. The molecule has 2 nitrogen and oxygen atoms in total. The van der Waals surface area contributed by atoms with Crippen LogP contribution in [0.2, 0.25) is 0 Å². The average Bonchev–Trinajstić information content (AvgIpc) is 3.28. The molecule has 0 atom stereocenters. The van der Waals surface area contributed by atoms with E-state index in [1.807, 2.05) is 0 Å². The van der Waals surface area contributed by atoms with Gasteiger partial charge in [-0.05, 0) is 167 Å². The van der Waals surface area contributed by atoms with Gasteiger partial charge in [-0.3, -0.25) is 0 Å². The molecular formula is C56H48N2. The highest BCUT2D eigenvalue weighted by molar-refractivity contribution is 6.26. The van der Waals surface area contributed by atoms with Crippen molar-refractivity contribution in [2.24, 2.45) is 0 Å². The maximum Gasteiger partial charge on any atom is 0.0529 e. The van der Waals surface area contributed by atoms with Crippen molar-refractivity contribution in [1.29, 1.82) is 0 Å². The Morgan fingerprint density at radius 2 is 0.466 bits per heavy atom. The molecule has 0 saturated heterocycles. The first-order valence-electron chi connectivity index (χ1n) is 20.3. The van der Waals surface area contributed by atoms with Crippen molar-refractivity contribution in [2.45, 2.75) is 41.5 Å². The third-order valence-electron chi connectivity index (χ3n) is 12.2. The lowest BCUT2D eigenvalue weighted by atomic mass is 9.77. The Morgan fingerprint density at radius 1 is 0.241 bits per heavy atom. The fourth-order valence-corrected chi connectivity index (χ4v) is 9.36. The predicted octanol–water partition coefficient (Wildman–Crippen LogP) is 16.1. The molecule has 0 spiro atoms. The summed E-state index contributed by atoms with van der Waals surface area (Å²) in [7, 11) is 0. The molecule has 0 unspecified atom stereocenters. The van der Waals surface area contributed by atoms with Gasteiger partial charge in [0.25, 0.3) is 0 Å².